The van der Waals surface area contributed by atoms with Crippen molar-refractivity contribution >= 4 is 33.0 Å². The first-order chi connectivity index (χ1) is 16.2. The van der Waals surface area contributed by atoms with E-state index in [4.69, 9.17) is 9.47 Å². The Bertz CT molecular complexity index is 1360. The molecule has 0 fully saturated rings. The van der Waals surface area contributed by atoms with E-state index < -0.39 is 20.9 Å². The zero-order valence-corrected chi connectivity index (χ0v) is 18.9. The summed E-state index contributed by atoms with van der Waals surface area (Å²) in [4.78, 5) is 23.1. The van der Waals surface area contributed by atoms with Gasteiger partial charge in [0.25, 0.3) is 21.6 Å². The largest absolute Gasteiger partial charge is 0.490 e. The Morgan fingerprint density at radius 3 is 2.32 bits per heavy atom. The van der Waals surface area contributed by atoms with Crippen LogP contribution in [-0.2, 0) is 10.0 Å². The molecule has 1 amide bonds. The molecule has 2 N–H and O–H groups in total. The van der Waals surface area contributed by atoms with Crippen LogP contribution in [0.5, 0.6) is 11.5 Å². The SMILES string of the molecule is Cc1ccc(C(=O)Nc2ccc(NS(=O)(=O)c3ccc4c(c3)OCCCO4)cc2)cc1[N+](=O)[O-]. The number of hydrogen-bond acceptors (Lipinski definition) is 7. The van der Waals surface area contributed by atoms with E-state index in [1.165, 1.54) is 54.6 Å². The third kappa shape index (κ3) is 5.09. The van der Waals surface area contributed by atoms with Crippen molar-refractivity contribution in [1.82, 2.24) is 0 Å². The number of anilines is 2. The van der Waals surface area contributed by atoms with Crippen LogP contribution in [-0.4, -0.2) is 32.5 Å². The first-order valence-electron chi connectivity index (χ1n) is 10.3. The standard InChI is InChI=1S/C23H21N3O7S/c1-15-3-4-16(13-20(15)26(28)29)23(27)24-17-5-7-18(8-6-17)25-34(30,31)19-9-10-21-22(14-19)33-12-2-11-32-21/h3-10,13-14,25H,2,11-12H2,1H3,(H,24,27). The molecule has 0 bridgehead atoms. The quantitative estimate of drug-likeness (QED) is 0.397. The van der Waals surface area contributed by atoms with Crippen molar-refractivity contribution in [2.75, 3.05) is 23.3 Å². The van der Waals surface area contributed by atoms with Gasteiger partial charge in [0, 0.05) is 41.1 Å². The number of nitro benzene ring substituents is 1. The van der Waals surface area contributed by atoms with Crippen LogP contribution in [0, 0.1) is 17.0 Å². The molecule has 0 atom stereocenters. The second-order valence-electron chi connectivity index (χ2n) is 7.55. The Labute approximate surface area is 195 Å². The van der Waals surface area contributed by atoms with E-state index in [-0.39, 0.29) is 21.8 Å². The molecule has 176 valence electrons. The number of benzene rings is 3. The van der Waals surface area contributed by atoms with Gasteiger partial charge in [-0.05, 0) is 49.4 Å². The van der Waals surface area contributed by atoms with E-state index in [0.29, 0.717) is 42.4 Å². The molecule has 3 aromatic rings. The zero-order chi connectivity index (χ0) is 24.3. The summed E-state index contributed by atoms with van der Waals surface area (Å²) in [5, 5.41) is 13.7. The average Bonchev–Trinajstić information content (AvgIpc) is 3.05. The molecule has 34 heavy (non-hydrogen) atoms. The van der Waals surface area contributed by atoms with Crippen molar-refractivity contribution in [3.05, 3.63) is 81.9 Å². The lowest BCUT2D eigenvalue weighted by Gasteiger charge is -2.12. The molecular weight excluding hydrogens is 462 g/mol. The van der Waals surface area contributed by atoms with E-state index in [1.807, 2.05) is 0 Å². The van der Waals surface area contributed by atoms with Crippen LogP contribution in [0.4, 0.5) is 17.1 Å². The van der Waals surface area contributed by atoms with E-state index in [9.17, 15) is 23.3 Å². The highest BCUT2D eigenvalue weighted by Gasteiger charge is 2.19. The van der Waals surface area contributed by atoms with E-state index >= 15 is 0 Å². The van der Waals surface area contributed by atoms with Crippen LogP contribution in [0.15, 0.2) is 65.6 Å². The summed E-state index contributed by atoms with van der Waals surface area (Å²) in [7, 11) is -3.89. The molecule has 0 saturated carbocycles. The molecule has 0 unspecified atom stereocenters. The number of hydrogen-bond donors (Lipinski definition) is 2. The third-order valence-corrected chi connectivity index (χ3v) is 6.47. The van der Waals surface area contributed by atoms with Crippen molar-refractivity contribution in [1.29, 1.82) is 0 Å². The number of carbonyl (C=O) groups excluding carboxylic acids is 1. The Kier molecular flexibility index (Phi) is 6.37. The summed E-state index contributed by atoms with van der Waals surface area (Å²) < 4.78 is 39.2. The number of ether oxygens (including phenoxy) is 2. The molecule has 3 aromatic carbocycles. The molecule has 0 aliphatic carbocycles. The minimum atomic E-state index is -3.89. The van der Waals surface area contributed by atoms with Crippen LogP contribution in [0.3, 0.4) is 0 Å². The van der Waals surface area contributed by atoms with Gasteiger partial charge in [-0.2, -0.15) is 0 Å². The minimum absolute atomic E-state index is 0.0232. The van der Waals surface area contributed by atoms with Crippen molar-refractivity contribution < 1.29 is 27.6 Å². The van der Waals surface area contributed by atoms with Crippen molar-refractivity contribution in [3.8, 4) is 11.5 Å². The molecule has 1 aliphatic rings. The van der Waals surface area contributed by atoms with Gasteiger partial charge in [-0.15, -0.1) is 0 Å². The Morgan fingerprint density at radius 1 is 0.941 bits per heavy atom. The summed E-state index contributed by atoms with van der Waals surface area (Å²) in [5.41, 5.74) is 1.12. The smallest absolute Gasteiger partial charge is 0.273 e. The van der Waals surface area contributed by atoms with Gasteiger partial charge >= 0.3 is 0 Å². The lowest BCUT2D eigenvalue weighted by Crippen LogP contribution is -2.14. The fraction of sp³-hybridized carbons (Fsp3) is 0.174. The van der Waals surface area contributed by atoms with Gasteiger partial charge in [0.2, 0.25) is 0 Å². The Morgan fingerprint density at radius 2 is 1.62 bits per heavy atom. The maximum atomic E-state index is 12.8. The topological polar surface area (TPSA) is 137 Å². The lowest BCUT2D eigenvalue weighted by molar-refractivity contribution is -0.385. The van der Waals surface area contributed by atoms with E-state index in [0.717, 1.165) is 0 Å². The molecule has 0 aromatic heterocycles. The number of nitro groups is 1. The lowest BCUT2D eigenvalue weighted by atomic mass is 10.1. The number of nitrogens with zero attached hydrogens (tertiary/aromatic N) is 1. The summed E-state index contributed by atoms with van der Waals surface area (Å²) in [6.07, 6.45) is 0.707. The third-order valence-electron chi connectivity index (χ3n) is 5.09. The van der Waals surface area contributed by atoms with Gasteiger partial charge in [0.15, 0.2) is 11.5 Å². The highest BCUT2D eigenvalue weighted by Crippen LogP contribution is 2.32. The van der Waals surface area contributed by atoms with Crippen LogP contribution in [0.25, 0.3) is 0 Å². The number of sulfonamides is 1. The molecule has 1 heterocycles. The molecule has 4 rings (SSSR count). The zero-order valence-electron chi connectivity index (χ0n) is 18.1. The molecule has 0 spiro atoms. The molecule has 11 heteroatoms. The number of carbonyl (C=O) groups is 1. The predicted octanol–water partition coefficient (Wildman–Crippen LogP) is 4.12. The number of fused-ring (bicyclic) bond motifs is 1. The van der Waals surface area contributed by atoms with E-state index in [2.05, 4.69) is 10.0 Å². The second-order valence-corrected chi connectivity index (χ2v) is 9.24. The normalized spacial score (nSPS) is 13.0. The average molecular weight is 484 g/mol. The van der Waals surface area contributed by atoms with Crippen molar-refractivity contribution in [2.45, 2.75) is 18.2 Å². The molecule has 0 radical (unpaired) electrons. The van der Waals surface area contributed by atoms with Gasteiger partial charge in [0.1, 0.15) is 0 Å². The summed E-state index contributed by atoms with van der Waals surface area (Å²) in [6.45, 7) is 2.53. The molecular formula is C23H21N3O7S. The van der Waals surface area contributed by atoms with Crippen molar-refractivity contribution in [3.63, 3.8) is 0 Å². The highest BCUT2D eigenvalue weighted by atomic mass is 32.2. The summed E-state index contributed by atoms with van der Waals surface area (Å²) in [6, 6.07) is 14.6. The van der Waals surface area contributed by atoms with Crippen molar-refractivity contribution in [2.24, 2.45) is 0 Å². The maximum absolute atomic E-state index is 12.8. The molecule has 0 saturated heterocycles. The fourth-order valence-electron chi connectivity index (χ4n) is 3.30. The first kappa shape index (κ1) is 23.1. The van der Waals surface area contributed by atoms with Gasteiger partial charge in [0.05, 0.1) is 23.0 Å². The predicted molar refractivity (Wildman–Crippen MR) is 125 cm³/mol. The monoisotopic (exact) mass is 483 g/mol. The summed E-state index contributed by atoms with van der Waals surface area (Å²) >= 11 is 0. The number of rotatable bonds is 6. The van der Waals surface area contributed by atoms with Crippen LogP contribution >= 0.6 is 0 Å². The van der Waals surface area contributed by atoms with E-state index in [1.54, 1.807) is 13.0 Å². The first-order valence-corrected chi connectivity index (χ1v) is 11.8. The van der Waals surface area contributed by atoms with Crippen LogP contribution in [0.2, 0.25) is 0 Å². The van der Waals surface area contributed by atoms with Gasteiger partial charge in [-0.1, -0.05) is 6.07 Å². The van der Waals surface area contributed by atoms with Crippen LogP contribution < -0.4 is 19.5 Å². The molecule has 10 nitrogen and oxygen atoms in total. The number of aryl methyl sites for hydroxylation is 1. The van der Waals surface area contributed by atoms with Crippen LogP contribution in [0.1, 0.15) is 22.3 Å². The second kappa shape index (κ2) is 9.40. The van der Waals surface area contributed by atoms with Gasteiger partial charge < -0.3 is 14.8 Å². The fourth-order valence-corrected chi connectivity index (χ4v) is 4.37. The summed E-state index contributed by atoms with van der Waals surface area (Å²) in [5.74, 6) is 0.342. The minimum Gasteiger partial charge on any atom is -0.490 e. The number of amides is 1. The highest BCUT2D eigenvalue weighted by molar-refractivity contribution is 7.92. The van der Waals surface area contributed by atoms with Gasteiger partial charge in [-0.25, -0.2) is 8.42 Å². The maximum Gasteiger partial charge on any atom is 0.273 e. The Hall–Kier alpha value is -4.12. The molecule has 1 aliphatic heterocycles. The van der Waals surface area contributed by atoms with Gasteiger partial charge in [-0.3, -0.25) is 19.6 Å². The number of nitrogens with one attached hydrogen (secondary N) is 2. The Balaban J connectivity index is 1.46.